The summed E-state index contributed by atoms with van der Waals surface area (Å²) < 4.78 is 0. The van der Waals surface area contributed by atoms with Crippen molar-refractivity contribution in [1.29, 1.82) is 0 Å². The van der Waals surface area contributed by atoms with Crippen molar-refractivity contribution in [3.63, 3.8) is 0 Å². The van der Waals surface area contributed by atoms with E-state index in [-0.39, 0.29) is 0 Å². The second kappa shape index (κ2) is 6.51. The highest BCUT2D eigenvalue weighted by Crippen LogP contribution is 2.42. The molecule has 1 nitrogen and oxygen atoms in total. The molecular weight excluding hydrogens is 274 g/mol. The Hall–Kier alpha value is -0.180. The van der Waals surface area contributed by atoms with E-state index in [4.69, 9.17) is 11.6 Å². The lowest BCUT2D eigenvalue weighted by Gasteiger charge is -2.44. The molecule has 1 fully saturated rings. The molecular formula is C16H24ClNS. The van der Waals surface area contributed by atoms with Gasteiger partial charge in [0.25, 0.3) is 0 Å². The predicted molar refractivity (Wildman–Crippen MR) is 86.2 cm³/mol. The van der Waals surface area contributed by atoms with Crippen LogP contribution in [-0.4, -0.2) is 17.8 Å². The Balaban J connectivity index is 2.10. The number of benzene rings is 1. The maximum absolute atomic E-state index is 5.96. The van der Waals surface area contributed by atoms with Crippen LogP contribution in [0.2, 0.25) is 5.02 Å². The van der Waals surface area contributed by atoms with Crippen LogP contribution in [0.5, 0.6) is 0 Å². The quantitative estimate of drug-likeness (QED) is 0.840. The van der Waals surface area contributed by atoms with Gasteiger partial charge in [0, 0.05) is 21.2 Å². The summed E-state index contributed by atoms with van der Waals surface area (Å²) in [4.78, 5) is 1.33. The van der Waals surface area contributed by atoms with Gasteiger partial charge in [-0.15, -0.1) is 11.8 Å². The molecule has 1 N–H and O–H groups in total. The van der Waals surface area contributed by atoms with E-state index in [9.17, 15) is 0 Å². The zero-order valence-electron chi connectivity index (χ0n) is 12.1. The summed E-state index contributed by atoms with van der Waals surface area (Å²) in [5.41, 5.74) is 0.387. The average Bonchev–Trinajstić information content (AvgIpc) is 2.36. The van der Waals surface area contributed by atoms with Crippen molar-refractivity contribution < 1.29 is 0 Å². The molecule has 0 aromatic heterocycles. The van der Waals surface area contributed by atoms with E-state index in [2.05, 4.69) is 38.2 Å². The first-order valence-electron chi connectivity index (χ1n) is 7.18. The molecule has 2 atom stereocenters. The fraction of sp³-hybridized carbons (Fsp3) is 0.625. The molecule has 3 heteroatoms. The molecule has 2 rings (SSSR count). The topological polar surface area (TPSA) is 12.0 Å². The van der Waals surface area contributed by atoms with Crippen LogP contribution in [0.25, 0.3) is 0 Å². The zero-order chi connectivity index (χ0) is 13.9. The molecule has 0 saturated heterocycles. The molecule has 0 amide bonds. The lowest BCUT2D eigenvalue weighted by atomic mass is 9.73. The van der Waals surface area contributed by atoms with Gasteiger partial charge in [-0.2, -0.15) is 0 Å². The van der Waals surface area contributed by atoms with Gasteiger partial charge >= 0.3 is 0 Å². The number of hydrogen-bond acceptors (Lipinski definition) is 2. The molecule has 0 heterocycles. The van der Waals surface area contributed by atoms with E-state index >= 15 is 0 Å². The van der Waals surface area contributed by atoms with Crippen LogP contribution < -0.4 is 5.32 Å². The van der Waals surface area contributed by atoms with E-state index in [1.807, 2.05) is 23.9 Å². The normalized spacial score (nSPS) is 26.3. The highest BCUT2D eigenvalue weighted by molar-refractivity contribution is 8.00. The van der Waals surface area contributed by atoms with Crippen LogP contribution in [-0.2, 0) is 0 Å². The molecule has 0 bridgehead atoms. The van der Waals surface area contributed by atoms with Gasteiger partial charge in [0.1, 0.15) is 0 Å². The minimum absolute atomic E-state index is 0.387. The fourth-order valence-electron chi connectivity index (χ4n) is 3.03. The second-order valence-corrected chi connectivity index (χ2v) is 7.78. The SMILES string of the molecule is CCNC1C(Sc2ccc(Cl)cc2)CCCC1(C)C. The summed E-state index contributed by atoms with van der Waals surface area (Å²) in [6.45, 7) is 8.05. The van der Waals surface area contributed by atoms with E-state index < -0.39 is 0 Å². The molecule has 0 radical (unpaired) electrons. The lowest BCUT2D eigenvalue weighted by molar-refractivity contribution is 0.176. The number of nitrogens with one attached hydrogen (secondary N) is 1. The smallest absolute Gasteiger partial charge is 0.0406 e. The summed E-state index contributed by atoms with van der Waals surface area (Å²) in [5.74, 6) is 0. The zero-order valence-corrected chi connectivity index (χ0v) is 13.7. The average molecular weight is 298 g/mol. The Morgan fingerprint density at radius 1 is 1.32 bits per heavy atom. The molecule has 1 aliphatic carbocycles. The van der Waals surface area contributed by atoms with Crippen LogP contribution in [0, 0.1) is 5.41 Å². The Labute approximate surface area is 126 Å². The molecule has 1 aromatic carbocycles. The van der Waals surface area contributed by atoms with Crippen molar-refractivity contribution in [2.24, 2.45) is 5.41 Å². The molecule has 0 aliphatic heterocycles. The van der Waals surface area contributed by atoms with Gasteiger partial charge < -0.3 is 5.32 Å². The number of rotatable bonds is 4. The number of thioether (sulfide) groups is 1. The summed E-state index contributed by atoms with van der Waals surface area (Å²) in [7, 11) is 0. The van der Waals surface area contributed by atoms with Gasteiger partial charge in [-0.3, -0.25) is 0 Å². The first-order valence-corrected chi connectivity index (χ1v) is 8.44. The van der Waals surface area contributed by atoms with E-state index in [1.165, 1.54) is 24.2 Å². The fourth-order valence-corrected chi connectivity index (χ4v) is 4.68. The number of halogens is 1. The summed E-state index contributed by atoms with van der Waals surface area (Å²) in [6.07, 6.45) is 3.96. The van der Waals surface area contributed by atoms with Gasteiger partial charge in [-0.05, 0) is 49.1 Å². The van der Waals surface area contributed by atoms with Crippen molar-refractivity contribution in [2.45, 2.75) is 56.2 Å². The molecule has 1 saturated carbocycles. The third-order valence-electron chi connectivity index (χ3n) is 4.05. The molecule has 106 valence electrons. The van der Waals surface area contributed by atoms with Crippen LogP contribution in [0.4, 0.5) is 0 Å². The van der Waals surface area contributed by atoms with Gasteiger partial charge in [0.05, 0.1) is 0 Å². The Kier molecular flexibility index (Phi) is 5.22. The molecule has 1 aliphatic rings. The second-order valence-electron chi connectivity index (χ2n) is 6.03. The maximum Gasteiger partial charge on any atom is 0.0406 e. The summed E-state index contributed by atoms with van der Waals surface area (Å²) >= 11 is 7.96. The molecule has 0 spiro atoms. The van der Waals surface area contributed by atoms with Crippen LogP contribution in [0.1, 0.15) is 40.0 Å². The highest BCUT2D eigenvalue weighted by Gasteiger charge is 2.38. The van der Waals surface area contributed by atoms with Gasteiger partial charge in [-0.1, -0.05) is 38.8 Å². The van der Waals surface area contributed by atoms with Gasteiger partial charge in [0.15, 0.2) is 0 Å². The third-order valence-corrected chi connectivity index (χ3v) is 5.66. The number of hydrogen-bond donors (Lipinski definition) is 1. The highest BCUT2D eigenvalue weighted by atomic mass is 35.5. The van der Waals surface area contributed by atoms with Gasteiger partial charge in [0.2, 0.25) is 0 Å². The van der Waals surface area contributed by atoms with Crippen molar-refractivity contribution >= 4 is 23.4 Å². The van der Waals surface area contributed by atoms with Crippen LogP contribution in [0.15, 0.2) is 29.2 Å². The summed E-state index contributed by atoms with van der Waals surface area (Å²) in [5, 5.41) is 5.18. The molecule has 2 unspecified atom stereocenters. The largest absolute Gasteiger partial charge is 0.313 e. The van der Waals surface area contributed by atoms with Crippen LogP contribution in [0.3, 0.4) is 0 Å². The Morgan fingerprint density at radius 2 is 2.00 bits per heavy atom. The van der Waals surface area contributed by atoms with E-state index in [0.717, 1.165) is 11.6 Å². The van der Waals surface area contributed by atoms with Gasteiger partial charge in [-0.25, -0.2) is 0 Å². The molecule has 19 heavy (non-hydrogen) atoms. The minimum Gasteiger partial charge on any atom is -0.313 e. The standard InChI is InChI=1S/C16H24ClNS/c1-4-18-15-14(6-5-11-16(15,2)3)19-13-9-7-12(17)8-10-13/h7-10,14-15,18H,4-6,11H2,1-3H3. The first kappa shape index (κ1) is 15.2. The Morgan fingerprint density at radius 3 is 2.63 bits per heavy atom. The van der Waals surface area contributed by atoms with Crippen molar-refractivity contribution in [3.8, 4) is 0 Å². The first-order chi connectivity index (χ1) is 9.03. The van der Waals surface area contributed by atoms with Crippen LogP contribution >= 0.6 is 23.4 Å². The third kappa shape index (κ3) is 3.90. The maximum atomic E-state index is 5.96. The monoisotopic (exact) mass is 297 g/mol. The Bertz CT molecular complexity index is 402. The van der Waals surface area contributed by atoms with E-state index in [1.54, 1.807) is 0 Å². The summed E-state index contributed by atoms with van der Waals surface area (Å²) in [6, 6.07) is 8.84. The van der Waals surface area contributed by atoms with E-state index in [0.29, 0.717) is 16.7 Å². The van der Waals surface area contributed by atoms with Crippen molar-refractivity contribution in [2.75, 3.05) is 6.54 Å². The minimum atomic E-state index is 0.387. The van der Waals surface area contributed by atoms with Crippen molar-refractivity contribution in [1.82, 2.24) is 5.32 Å². The lowest BCUT2D eigenvalue weighted by Crippen LogP contribution is -2.51. The molecule has 1 aromatic rings. The predicted octanol–water partition coefficient (Wildman–Crippen LogP) is 4.99. The van der Waals surface area contributed by atoms with Crippen molar-refractivity contribution in [3.05, 3.63) is 29.3 Å².